The Labute approximate surface area is 151 Å². The smallest absolute Gasteiger partial charge is 0.270 e. The van der Waals surface area contributed by atoms with Gasteiger partial charge in [0, 0.05) is 35.5 Å². The van der Waals surface area contributed by atoms with Gasteiger partial charge in [0.25, 0.3) is 11.6 Å². The number of carbonyl (C=O) groups is 2. The zero-order valence-corrected chi connectivity index (χ0v) is 14.5. The lowest BCUT2D eigenvalue weighted by molar-refractivity contribution is -0.384. The minimum atomic E-state index is -0.550. The zero-order valence-electron chi connectivity index (χ0n) is 14.5. The van der Waals surface area contributed by atoms with Gasteiger partial charge in [0.2, 0.25) is 5.91 Å². The average Bonchev–Trinajstić information content (AvgIpc) is 2.62. The number of unbranched alkanes of at least 4 members (excludes halogenated alkanes) is 2. The number of nitro benzene ring substituents is 1. The van der Waals surface area contributed by atoms with Gasteiger partial charge < -0.3 is 10.6 Å². The number of hydrogen-bond donors (Lipinski definition) is 2. The van der Waals surface area contributed by atoms with Crippen molar-refractivity contribution in [3.8, 4) is 0 Å². The van der Waals surface area contributed by atoms with Gasteiger partial charge in [0.1, 0.15) is 0 Å². The van der Waals surface area contributed by atoms with E-state index in [0.29, 0.717) is 17.8 Å². The Bertz CT molecular complexity index is 805. The Morgan fingerprint density at radius 3 is 2.38 bits per heavy atom. The Kier molecular flexibility index (Phi) is 6.84. The van der Waals surface area contributed by atoms with Crippen molar-refractivity contribution in [2.75, 3.05) is 10.6 Å². The largest absolute Gasteiger partial charge is 0.326 e. The van der Waals surface area contributed by atoms with Crippen LogP contribution in [0.5, 0.6) is 0 Å². The quantitative estimate of drug-likeness (QED) is 0.417. The molecule has 2 N–H and O–H groups in total. The van der Waals surface area contributed by atoms with Gasteiger partial charge in [-0.15, -0.1) is 0 Å². The molecule has 0 atom stereocenters. The topological polar surface area (TPSA) is 101 Å². The lowest BCUT2D eigenvalue weighted by Gasteiger charge is -2.09. The molecule has 7 nitrogen and oxygen atoms in total. The van der Waals surface area contributed by atoms with E-state index in [4.69, 9.17) is 0 Å². The molecule has 7 heteroatoms. The fraction of sp³-hybridized carbons (Fsp3) is 0.263. The predicted octanol–water partition coefficient (Wildman–Crippen LogP) is 4.37. The van der Waals surface area contributed by atoms with Crippen LogP contribution in [0.3, 0.4) is 0 Å². The van der Waals surface area contributed by atoms with Gasteiger partial charge in [-0.2, -0.15) is 0 Å². The van der Waals surface area contributed by atoms with Crippen LogP contribution >= 0.6 is 0 Å². The van der Waals surface area contributed by atoms with Gasteiger partial charge in [0.15, 0.2) is 0 Å². The molecule has 0 aliphatic heterocycles. The molecule has 2 amide bonds. The lowest BCUT2D eigenvalue weighted by Crippen LogP contribution is -2.13. The maximum Gasteiger partial charge on any atom is 0.270 e. The number of nitrogens with one attached hydrogen (secondary N) is 2. The van der Waals surface area contributed by atoms with Crippen molar-refractivity contribution in [1.82, 2.24) is 0 Å². The van der Waals surface area contributed by atoms with Gasteiger partial charge in [0.05, 0.1) is 4.92 Å². The Balaban J connectivity index is 2.01. The molecule has 0 aliphatic carbocycles. The second-order valence-corrected chi connectivity index (χ2v) is 5.85. The monoisotopic (exact) mass is 355 g/mol. The molecule has 2 rings (SSSR count). The van der Waals surface area contributed by atoms with E-state index >= 15 is 0 Å². The number of hydrogen-bond acceptors (Lipinski definition) is 4. The number of nitrogens with zero attached hydrogens (tertiary/aromatic N) is 1. The third-order valence-electron chi connectivity index (χ3n) is 3.73. The molecule has 0 heterocycles. The highest BCUT2D eigenvalue weighted by Gasteiger charge is 2.12. The molecule has 26 heavy (non-hydrogen) atoms. The van der Waals surface area contributed by atoms with Crippen LogP contribution in [0.15, 0.2) is 48.5 Å². The molecule has 0 fully saturated rings. The van der Waals surface area contributed by atoms with Crippen LogP contribution in [0.25, 0.3) is 0 Å². The normalized spacial score (nSPS) is 10.2. The van der Waals surface area contributed by atoms with E-state index in [1.165, 1.54) is 24.3 Å². The van der Waals surface area contributed by atoms with Crippen LogP contribution in [0.1, 0.15) is 43.0 Å². The summed E-state index contributed by atoms with van der Waals surface area (Å²) in [5, 5.41) is 16.3. The number of nitro groups is 1. The van der Waals surface area contributed by atoms with Crippen molar-refractivity contribution >= 4 is 28.9 Å². The van der Waals surface area contributed by atoms with Crippen LogP contribution < -0.4 is 10.6 Å². The Morgan fingerprint density at radius 2 is 1.69 bits per heavy atom. The highest BCUT2D eigenvalue weighted by atomic mass is 16.6. The predicted molar refractivity (Wildman–Crippen MR) is 100 cm³/mol. The SMILES string of the molecule is CCCCCC(=O)Nc1cccc(NC(=O)c2cccc([N+](=O)[O-])c2)c1. The first-order chi connectivity index (χ1) is 12.5. The molecule has 136 valence electrons. The average molecular weight is 355 g/mol. The molecule has 2 aromatic carbocycles. The zero-order chi connectivity index (χ0) is 18.9. The summed E-state index contributed by atoms with van der Waals surface area (Å²) in [6, 6.07) is 12.3. The standard InChI is InChI=1S/C19H21N3O4/c1-2-3-4-11-18(23)20-15-8-6-9-16(13-15)21-19(24)14-7-5-10-17(12-14)22(25)26/h5-10,12-13H,2-4,11H2,1H3,(H,20,23)(H,21,24). The summed E-state index contributed by atoms with van der Waals surface area (Å²) in [5.41, 5.74) is 1.12. The van der Waals surface area contributed by atoms with Gasteiger partial charge in [-0.25, -0.2) is 0 Å². The van der Waals surface area contributed by atoms with Crippen LogP contribution in [-0.4, -0.2) is 16.7 Å². The highest BCUT2D eigenvalue weighted by Crippen LogP contribution is 2.18. The molecular formula is C19H21N3O4. The fourth-order valence-corrected chi connectivity index (χ4v) is 2.40. The lowest BCUT2D eigenvalue weighted by atomic mass is 10.1. The third kappa shape index (κ3) is 5.70. The first kappa shape index (κ1) is 19.1. The molecule has 0 saturated carbocycles. The van der Waals surface area contributed by atoms with Gasteiger partial charge >= 0.3 is 0 Å². The van der Waals surface area contributed by atoms with Gasteiger partial charge in [-0.05, 0) is 30.7 Å². The van der Waals surface area contributed by atoms with Crippen LogP contribution in [0, 0.1) is 10.1 Å². The van der Waals surface area contributed by atoms with Crippen molar-refractivity contribution in [3.63, 3.8) is 0 Å². The van der Waals surface area contributed by atoms with Crippen LogP contribution in [-0.2, 0) is 4.79 Å². The number of carbonyl (C=O) groups excluding carboxylic acids is 2. The van der Waals surface area contributed by atoms with E-state index in [-0.39, 0.29) is 17.2 Å². The summed E-state index contributed by atoms with van der Waals surface area (Å²) in [6.07, 6.45) is 3.35. The van der Waals surface area contributed by atoms with Gasteiger partial charge in [-0.3, -0.25) is 19.7 Å². The maximum atomic E-state index is 12.3. The molecule has 0 bridgehead atoms. The molecule has 0 aliphatic rings. The number of non-ortho nitro benzene ring substituents is 1. The van der Waals surface area contributed by atoms with Crippen molar-refractivity contribution in [3.05, 3.63) is 64.2 Å². The minimum Gasteiger partial charge on any atom is -0.326 e. The number of rotatable bonds is 8. The number of anilines is 2. The van der Waals surface area contributed by atoms with E-state index in [1.807, 2.05) is 0 Å². The molecule has 0 unspecified atom stereocenters. The first-order valence-electron chi connectivity index (χ1n) is 8.45. The first-order valence-corrected chi connectivity index (χ1v) is 8.45. The van der Waals surface area contributed by atoms with E-state index in [9.17, 15) is 19.7 Å². The van der Waals surface area contributed by atoms with Crippen molar-refractivity contribution < 1.29 is 14.5 Å². The summed E-state index contributed by atoms with van der Waals surface area (Å²) < 4.78 is 0. The summed E-state index contributed by atoms with van der Waals surface area (Å²) in [4.78, 5) is 34.4. The third-order valence-corrected chi connectivity index (χ3v) is 3.73. The maximum absolute atomic E-state index is 12.3. The highest BCUT2D eigenvalue weighted by molar-refractivity contribution is 6.05. The second-order valence-electron chi connectivity index (χ2n) is 5.85. The molecule has 0 aromatic heterocycles. The van der Waals surface area contributed by atoms with Gasteiger partial charge in [-0.1, -0.05) is 31.9 Å². The van der Waals surface area contributed by atoms with E-state index in [2.05, 4.69) is 17.6 Å². The Morgan fingerprint density at radius 1 is 1.00 bits per heavy atom. The Hall–Kier alpha value is -3.22. The number of benzene rings is 2. The van der Waals surface area contributed by atoms with E-state index in [1.54, 1.807) is 24.3 Å². The molecule has 0 radical (unpaired) electrons. The molecule has 2 aromatic rings. The summed E-state index contributed by atoms with van der Waals surface area (Å²) >= 11 is 0. The molecular weight excluding hydrogens is 334 g/mol. The van der Waals surface area contributed by atoms with Crippen molar-refractivity contribution in [2.45, 2.75) is 32.6 Å². The minimum absolute atomic E-state index is 0.0689. The summed E-state index contributed by atoms with van der Waals surface area (Å²) in [5.74, 6) is -0.527. The molecule has 0 saturated heterocycles. The van der Waals surface area contributed by atoms with Crippen molar-refractivity contribution in [2.24, 2.45) is 0 Å². The summed E-state index contributed by atoms with van der Waals surface area (Å²) in [7, 11) is 0. The van der Waals surface area contributed by atoms with Crippen LogP contribution in [0.2, 0.25) is 0 Å². The molecule has 0 spiro atoms. The van der Waals surface area contributed by atoms with E-state index in [0.717, 1.165) is 19.3 Å². The number of amides is 2. The van der Waals surface area contributed by atoms with Crippen LogP contribution in [0.4, 0.5) is 17.1 Å². The van der Waals surface area contributed by atoms with E-state index < -0.39 is 10.8 Å². The fourth-order valence-electron chi connectivity index (χ4n) is 2.40. The van der Waals surface area contributed by atoms with Crippen molar-refractivity contribution in [1.29, 1.82) is 0 Å². The second kappa shape index (κ2) is 9.31. The summed E-state index contributed by atoms with van der Waals surface area (Å²) in [6.45, 7) is 2.07.